The molecule has 1 rings (SSSR count). The number of hydrogen-bond donors (Lipinski definition) is 0. The summed E-state index contributed by atoms with van der Waals surface area (Å²) >= 11 is 0. The van der Waals surface area contributed by atoms with Crippen LogP contribution in [0.1, 0.15) is 18.9 Å². The van der Waals surface area contributed by atoms with Gasteiger partial charge in [-0.3, -0.25) is 0 Å². The Balaban J connectivity index is 2.53. The molecular formula is C12H12O. The lowest BCUT2D eigenvalue weighted by molar-refractivity contribution is -0.110. The van der Waals surface area contributed by atoms with Crippen LogP contribution in [0.25, 0.3) is 0 Å². The Bertz CT molecular complexity index is 316. The van der Waals surface area contributed by atoms with E-state index in [0.717, 1.165) is 11.8 Å². The summed E-state index contributed by atoms with van der Waals surface area (Å²) < 4.78 is 0. The molecule has 0 spiro atoms. The molecular weight excluding hydrogens is 160 g/mol. The average molecular weight is 172 g/mol. The third-order valence-electron chi connectivity index (χ3n) is 1.66. The van der Waals surface area contributed by atoms with Gasteiger partial charge in [-0.25, -0.2) is 0 Å². The minimum atomic E-state index is 0.0382. The number of hydrogen-bond acceptors (Lipinski definition) is 1. The molecule has 1 aromatic rings. The van der Waals surface area contributed by atoms with E-state index in [4.69, 9.17) is 0 Å². The van der Waals surface area contributed by atoms with E-state index < -0.39 is 0 Å². The number of benzene rings is 1. The van der Waals surface area contributed by atoms with Crippen molar-refractivity contribution in [1.29, 1.82) is 0 Å². The zero-order valence-electron chi connectivity index (χ0n) is 7.66. The summed E-state index contributed by atoms with van der Waals surface area (Å²) in [5.74, 6) is 6.01. The normalized spacial score (nSPS) is 11.2. The first-order valence-electron chi connectivity index (χ1n) is 4.32. The van der Waals surface area contributed by atoms with Gasteiger partial charge >= 0.3 is 0 Å². The highest BCUT2D eigenvalue weighted by Gasteiger charge is 1.93. The van der Waals surface area contributed by atoms with Crippen LogP contribution in [0.3, 0.4) is 0 Å². The van der Waals surface area contributed by atoms with Crippen molar-refractivity contribution < 1.29 is 4.79 Å². The monoisotopic (exact) mass is 172 g/mol. The zero-order chi connectivity index (χ0) is 9.52. The van der Waals surface area contributed by atoms with E-state index in [9.17, 15) is 4.79 Å². The molecule has 66 valence electrons. The molecule has 0 amide bonds. The lowest BCUT2D eigenvalue weighted by Crippen LogP contribution is -1.92. The van der Waals surface area contributed by atoms with Crippen LogP contribution in [0, 0.1) is 17.8 Å². The molecule has 0 saturated carbocycles. The number of carbonyl (C=O) groups excluding carboxylic acids is 1. The van der Waals surface area contributed by atoms with Gasteiger partial charge in [-0.1, -0.05) is 37.0 Å². The predicted octanol–water partition coefficient (Wildman–Crippen LogP) is 2.26. The summed E-state index contributed by atoms with van der Waals surface area (Å²) in [5.41, 5.74) is 1.00. The van der Waals surface area contributed by atoms with Crippen LogP contribution >= 0.6 is 0 Å². The Morgan fingerprint density at radius 3 is 2.69 bits per heavy atom. The van der Waals surface area contributed by atoms with Crippen LogP contribution < -0.4 is 0 Å². The van der Waals surface area contributed by atoms with Crippen molar-refractivity contribution in [2.24, 2.45) is 5.92 Å². The molecule has 1 aromatic carbocycles. The van der Waals surface area contributed by atoms with Crippen LogP contribution in [0.15, 0.2) is 30.3 Å². The van der Waals surface area contributed by atoms with Gasteiger partial charge in [0.25, 0.3) is 0 Å². The lowest BCUT2D eigenvalue weighted by atomic mass is 10.1. The Labute approximate surface area is 78.8 Å². The van der Waals surface area contributed by atoms with Crippen LogP contribution in [0.4, 0.5) is 0 Å². The third-order valence-corrected chi connectivity index (χ3v) is 1.66. The van der Waals surface area contributed by atoms with Crippen LogP contribution in [0.5, 0.6) is 0 Å². The first kappa shape index (κ1) is 9.54. The van der Waals surface area contributed by atoms with Gasteiger partial charge < -0.3 is 4.79 Å². The van der Waals surface area contributed by atoms with Crippen molar-refractivity contribution in [3.05, 3.63) is 35.9 Å². The minimum absolute atomic E-state index is 0.0382. The van der Waals surface area contributed by atoms with Gasteiger partial charge in [-0.2, -0.15) is 0 Å². The van der Waals surface area contributed by atoms with E-state index in [2.05, 4.69) is 11.8 Å². The lowest BCUT2D eigenvalue weighted by Gasteiger charge is -1.92. The minimum Gasteiger partial charge on any atom is -0.303 e. The second-order valence-electron chi connectivity index (χ2n) is 2.99. The van der Waals surface area contributed by atoms with Gasteiger partial charge in [0.15, 0.2) is 0 Å². The predicted molar refractivity (Wildman–Crippen MR) is 53.2 cm³/mol. The smallest absolute Gasteiger partial charge is 0.123 e. The fourth-order valence-corrected chi connectivity index (χ4v) is 0.884. The number of carbonyl (C=O) groups is 1. The molecule has 0 fully saturated rings. The molecule has 1 atom stereocenters. The van der Waals surface area contributed by atoms with E-state index in [1.807, 2.05) is 37.3 Å². The second kappa shape index (κ2) is 5.16. The molecule has 0 heterocycles. The highest BCUT2D eigenvalue weighted by atomic mass is 16.1. The van der Waals surface area contributed by atoms with Gasteiger partial charge in [-0.15, -0.1) is 0 Å². The van der Waals surface area contributed by atoms with Gasteiger partial charge in [-0.05, 0) is 12.1 Å². The molecule has 0 aliphatic rings. The van der Waals surface area contributed by atoms with E-state index >= 15 is 0 Å². The van der Waals surface area contributed by atoms with Crippen molar-refractivity contribution in [2.75, 3.05) is 0 Å². The second-order valence-corrected chi connectivity index (χ2v) is 2.99. The fraction of sp³-hybridized carbons (Fsp3) is 0.250. The van der Waals surface area contributed by atoms with Gasteiger partial charge in [0, 0.05) is 17.9 Å². The average Bonchev–Trinajstić information content (AvgIpc) is 2.19. The molecule has 0 radical (unpaired) electrons. The van der Waals surface area contributed by atoms with Gasteiger partial charge in [0.2, 0.25) is 0 Å². The van der Waals surface area contributed by atoms with E-state index in [0.29, 0.717) is 6.42 Å². The van der Waals surface area contributed by atoms with Crippen molar-refractivity contribution in [3.63, 3.8) is 0 Å². The summed E-state index contributed by atoms with van der Waals surface area (Å²) in [4.78, 5) is 10.3. The highest BCUT2D eigenvalue weighted by Crippen LogP contribution is 1.98. The molecule has 0 N–H and O–H groups in total. The van der Waals surface area contributed by atoms with Crippen molar-refractivity contribution in [3.8, 4) is 11.8 Å². The molecule has 0 aromatic heterocycles. The Morgan fingerprint density at radius 2 is 2.08 bits per heavy atom. The SMILES string of the molecule is C[C@H](C=O)CC#Cc1ccccc1. The van der Waals surface area contributed by atoms with E-state index in [-0.39, 0.29) is 5.92 Å². The van der Waals surface area contributed by atoms with Crippen LogP contribution in [-0.4, -0.2) is 6.29 Å². The van der Waals surface area contributed by atoms with Gasteiger partial charge in [0.05, 0.1) is 0 Å². The first-order valence-corrected chi connectivity index (χ1v) is 4.32. The zero-order valence-corrected chi connectivity index (χ0v) is 7.66. The van der Waals surface area contributed by atoms with Crippen molar-refractivity contribution >= 4 is 6.29 Å². The molecule has 13 heavy (non-hydrogen) atoms. The summed E-state index contributed by atoms with van der Waals surface area (Å²) in [7, 11) is 0. The maximum absolute atomic E-state index is 10.3. The van der Waals surface area contributed by atoms with E-state index in [1.165, 1.54) is 0 Å². The Kier molecular flexibility index (Phi) is 3.78. The fourth-order valence-electron chi connectivity index (χ4n) is 0.884. The number of rotatable bonds is 2. The largest absolute Gasteiger partial charge is 0.303 e. The molecule has 1 nitrogen and oxygen atoms in total. The molecule has 0 aliphatic carbocycles. The maximum Gasteiger partial charge on any atom is 0.123 e. The molecule has 0 aliphatic heterocycles. The molecule has 0 unspecified atom stereocenters. The van der Waals surface area contributed by atoms with Crippen molar-refractivity contribution in [2.45, 2.75) is 13.3 Å². The quantitative estimate of drug-likeness (QED) is 0.494. The Morgan fingerprint density at radius 1 is 1.38 bits per heavy atom. The summed E-state index contributed by atoms with van der Waals surface area (Å²) in [5, 5.41) is 0. The van der Waals surface area contributed by atoms with Crippen LogP contribution in [0.2, 0.25) is 0 Å². The highest BCUT2D eigenvalue weighted by molar-refractivity contribution is 5.53. The van der Waals surface area contributed by atoms with E-state index in [1.54, 1.807) is 0 Å². The topological polar surface area (TPSA) is 17.1 Å². The maximum atomic E-state index is 10.3. The molecule has 1 heteroatoms. The molecule has 0 saturated heterocycles. The van der Waals surface area contributed by atoms with Crippen LogP contribution in [-0.2, 0) is 4.79 Å². The van der Waals surface area contributed by atoms with Crippen molar-refractivity contribution in [1.82, 2.24) is 0 Å². The molecule has 0 bridgehead atoms. The first-order chi connectivity index (χ1) is 6.33. The third kappa shape index (κ3) is 3.57. The summed E-state index contributed by atoms with van der Waals surface area (Å²) in [6, 6.07) is 9.77. The summed E-state index contributed by atoms with van der Waals surface area (Å²) in [6.45, 7) is 1.87. The number of aldehydes is 1. The standard InChI is InChI=1S/C12H12O/c1-11(10-13)6-5-9-12-7-3-2-4-8-12/h2-4,7-8,10-11H,6H2,1H3/t11-/m0/s1. The Hall–Kier alpha value is -1.55. The van der Waals surface area contributed by atoms with Gasteiger partial charge in [0.1, 0.15) is 6.29 Å². The summed E-state index contributed by atoms with van der Waals surface area (Å²) in [6.07, 6.45) is 1.57.